The summed E-state index contributed by atoms with van der Waals surface area (Å²) in [5.74, 6) is 1.15. The number of pyridine rings is 1. The third-order valence-electron chi connectivity index (χ3n) is 8.08. The molecule has 0 bridgehead atoms. The minimum atomic E-state index is -0.583. The Morgan fingerprint density at radius 3 is 2.41 bits per heavy atom. The maximum atomic E-state index is 12.9. The Hall–Kier alpha value is -3.74. The fourth-order valence-corrected chi connectivity index (χ4v) is 6.14. The zero-order valence-electron chi connectivity index (χ0n) is 22.1. The van der Waals surface area contributed by atoms with Crippen LogP contribution in [0.15, 0.2) is 85.1 Å². The first kappa shape index (κ1) is 25.5. The number of piperidine rings is 1. The van der Waals surface area contributed by atoms with Crippen LogP contribution >= 0.6 is 0 Å². The minimum Gasteiger partial charge on any atom is -0.490 e. The summed E-state index contributed by atoms with van der Waals surface area (Å²) in [6, 6.07) is 27.0. The van der Waals surface area contributed by atoms with Crippen molar-refractivity contribution in [2.75, 3.05) is 26.2 Å². The molecule has 0 radical (unpaired) electrons. The Morgan fingerprint density at radius 2 is 1.67 bits per heavy atom. The number of carbonyl (C=O) groups excluding carboxylic acids is 1. The van der Waals surface area contributed by atoms with Gasteiger partial charge in [0.05, 0.1) is 5.52 Å². The maximum absolute atomic E-state index is 12.9. The van der Waals surface area contributed by atoms with Gasteiger partial charge in [-0.1, -0.05) is 54.6 Å². The van der Waals surface area contributed by atoms with Gasteiger partial charge in [-0.15, -0.1) is 0 Å². The lowest BCUT2D eigenvalue weighted by molar-refractivity contribution is -0.122. The molecule has 1 unspecified atom stereocenters. The van der Waals surface area contributed by atoms with Gasteiger partial charge in [0.25, 0.3) is 0 Å². The Bertz CT molecular complexity index is 1400. The molecule has 0 spiro atoms. The smallest absolute Gasteiger partial charge is 0.220 e. The largest absolute Gasteiger partial charge is 0.490 e. The van der Waals surface area contributed by atoms with Crippen LogP contribution in [0.2, 0.25) is 0 Å². The Kier molecular flexibility index (Phi) is 7.57. The maximum Gasteiger partial charge on any atom is 0.220 e. The number of hydrogen-bond acceptors (Lipinski definition) is 5. The van der Waals surface area contributed by atoms with E-state index in [4.69, 9.17) is 4.74 Å². The lowest BCUT2D eigenvalue weighted by Crippen LogP contribution is -2.47. The van der Waals surface area contributed by atoms with Gasteiger partial charge in [-0.3, -0.25) is 9.78 Å². The number of aromatic nitrogens is 1. The van der Waals surface area contributed by atoms with Crippen molar-refractivity contribution in [3.05, 3.63) is 96.2 Å². The number of likely N-dealkylation sites (tertiary alicyclic amines) is 1. The molecule has 3 aromatic carbocycles. The van der Waals surface area contributed by atoms with E-state index < -0.39 is 6.10 Å². The number of rotatable bonds is 9. The molecule has 4 aromatic rings. The molecular formula is C33H35N3O3. The van der Waals surface area contributed by atoms with Crippen LogP contribution in [0.3, 0.4) is 0 Å². The molecule has 0 saturated carbocycles. The quantitative estimate of drug-likeness (QED) is 0.319. The average molecular weight is 522 g/mol. The molecular weight excluding hydrogens is 486 g/mol. The van der Waals surface area contributed by atoms with Crippen LogP contribution in [0.25, 0.3) is 22.0 Å². The van der Waals surface area contributed by atoms with Gasteiger partial charge in [0, 0.05) is 49.6 Å². The monoisotopic (exact) mass is 521 g/mol. The second kappa shape index (κ2) is 11.6. The SMILES string of the molecule is O=C(CCC1c2ccccc2-c2ccccc21)NC1CCN(CC(O)COc2cccc3ncccc23)CC1. The van der Waals surface area contributed by atoms with E-state index in [1.807, 2.05) is 30.3 Å². The number of aliphatic hydroxyl groups excluding tert-OH is 1. The second-order valence-corrected chi connectivity index (χ2v) is 10.7. The van der Waals surface area contributed by atoms with Crippen LogP contribution in [0.4, 0.5) is 0 Å². The summed E-state index contributed by atoms with van der Waals surface area (Å²) in [6.07, 6.45) is 4.30. The number of fused-ring (bicyclic) bond motifs is 4. The van der Waals surface area contributed by atoms with Crippen molar-refractivity contribution in [1.82, 2.24) is 15.2 Å². The first-order valence-electron chi connectivity index (χ1n) is 14.0. The van der Waals surface area contributed by atoms with Gasteiger partial charge >= 0.3 is 0 Å². The first-order valence-corrected chi connectivity index (χ1v) is 14.0. The van der Waals surface area contributed by atoms with E-state index in [0.717, 1.165) is 49.0 Å². The number of hydrogen-bond donors (Lipinski definition) is 2. The summed E-state index contributed by atoms with van der Waals surface area (Å²) in [4.78, 5) is 19.5. The van der Waals surface area contributed by atoms with Crippen molar-refractivity contribution in [2.24, 2.45) is 0 Å². The van der Waals surface area contributed by atoms with Crippen LogP contribution in [0.5, 0.6) is 5.75 Å². The highest BCUT2D eigenvalue weighted by Crippen LogP contribution is 2.46. The predicted molar refractivity (Wildman–Crippen MR) is 154 cm³/mol. The molecule has 2 N–H and O–H groups in total. The van der Waals surface area contributed by atoms with Crippen molar-refractivity contribution in [3.8, 4) is 16.9 Å². The van der Waals surface area contributed by atoms with Crippen molar-refractivity contribution in [1.29, 1.82) is 0 Å². The molecule has 39 heavy (non-hydrogen) atoms. The van der Waals surface area contributed by atoms with E-state index in [1.165, 1.54) is 22.3 Å². The molecule has 6 nitrogen and oxygen atoms in total. The van der Waals surface area contributed by atoms with Crippen molar-refractivity contribution in [2.45, 2.75) is 43.7 Å². The highest BCUT2D eigenvalue weighted by atomic mass is 16.5. The number of carbonyl (C=O) groups is 1. The van der Waals surface area contributed by atoms with Gasteiger partial charge in [-0.2, -0.15) is 0 Å². The third-order valence-corrected chi connectivity index (χ3v) is 8.08. The van der Waals surface area contributed by atoms with Crippen molar-refractivity contribution >= 4 is 16.8 Å². The van der Waals surface area contributed by atoms with Gasteiger partial charge in [0.15, 0.2) is 0 Å². The molecule has 1 aliphatic heterocycles. The van der Waals surface area contributed by atoms with E-state index in [-0.39, 0.29) is 24.5 Å². The zero-order chi connectivity index (χ0) is 26.6. The van der Waals surface area contributed by atoms with Crippen molar-refractivity contribution < 1.29 is 14.6 Å². The molecule has 6 rings (SSSR count). The Balaban J connectivity index is 0.943. The number of amides is 1. The number of benzene rings is 3. The van der Waals surface area contributed by atoms with Gasteiger partial charge < -0.3 is 20.1 Å². The molecule has 200 valence electrons. The fraction of sp³-hybridized carbons (Fsp3) is 0.333. The zero-order valence-corrected chi connectivity index (χ0v) is 22.1. The topological polar surface area (TPSA) is 74.7 Å². The highest BCUT2D eigenvalue weighted by molar-refractivity contribution is 5.84. The summed E-state index contributed by atoms with van der Waals surface area (Å²) < 4.78 is 5.94. The van der Waals surface area contributed by atoms with E-state index in [1.54, 1.807) is 6.20 Å². The standard InChI is InChI=1S/C33H35N3O3/c37-24(22-39-32-13-5-12-31-30(32)11-6-18-34-31)21-36-19-16-23(17-20-36)35-33(38)15-14-29-27-9-3-1-7-25(27)26-8-2-4-10-28(26)29/h1-13,18,23-24,29,37H,14-17,19-22H2,(H,35,38). The number of aliphatic hydroxyl groups is 1. The summed E-state index contributed by atoms with van der Waals surface area (Å²) in [6.45, 7) is 2.50. The molecule has 1 saturated heterocycles. The summed E-state index contributed by atoms with van der Waals surface area (Å²) in [5, 5.41) is 14.8. The first-order chi connectivity index (χ1) is 19.2. The van der Waals surface area contributed by atoms with Crippen LogP contribution in [-0.4, -0.2) is 59.3 Å². The number of nitrogens with zero attached hydrogens (tertiary/aromatic N) is 2. The lowest BCUT2D eigenvalue weighted by atomic mass is 9.92. The van der Waals surface area contributed by atoms with Crippen LogP contribution in [-0.2, 0) is 4.79 Å². The molecule has 1 atom stereocenters. The molecule has 2 heterocycles. The molecule has 1 amide bonds. The Morgan fingerprint density at radius 1 is 0.949 bits per heavy atom. The summed E-state index contributed by atoms with van der Waals surface area (Å²) in [7, 11) is 0. The number of ether oxygens (including phenoxy) is 1. The molecule has 1 fully saturated rings. The molecule has 1 aliphatic carbocycles. The number of nitrogens with one attached hydrogen (secondary N) is 1. The minimum absolute atomic E-state index is 0.133. The molecule has 1 aromatic heterocycles. The van der Waals surface area contributed by atoms with Crippen LogP contribution in [0, 0.1) is 0 Å². The van der Waals surface area contributed by atoms with Gasteiger partial charge in [0.1, 0.15) is 18.5 Å². The van der Waals surface area contributed by atoms with E-state index in [9.17, 15) is 9.90 Å². The van der Waals surface area contributed by atoms with Crippen molar-refractivity contribution in [3.63, 3.8) is 0 Å². The summed E-state index contributed by atoms with van der Waals surface area (Å²) in [5.41, 5.74) is 6.14. The highest BCUT2D eigenvalue weighted by Gasteiger charge is 2.29. The molecule has 2 aliphatic rings. The Labute approximate surface area is 229 Å². The van der Waals surface area contributed by atoms with Crippen LogP contribution in [0.1, 0.15) is 42.7 Å². The second-order valence-electron chi connectivity index (χ2n) is 10.7. The average Bonchev–Trinajstić information content (AvgIpc) is 3.29. The normalized spacial score (nSPS) is 16.5. The van der Waals surface area contributed by atoms with E-state index in [2.05, 4.69) is 63.7 Å². The van der Waals surface area contributed by atoms with Crippen LogP contribution < -0.4 is 10.1 Å². The molecule has 6 heteroatoms. The summed E-state index contributed by atoms with van der Waals surface area (Å²) >= 11 is 0. The van der Waals surface area contributed by atoms with E-state index >= 15 is 0 Å². The predicted octanol–water partition coefficient (Wildman–Crippen LogP) is 5.15. The number of β-amino-alcohol motifs (C(OH)–C–C–N with tert-alkyl or cyclic N) is 1. The third kappa shape index (κ3) is 5.68. The van der Waals surface area contributed by atoms with E-state index in [0.29, 0.717) is 13.0 Å². The van der Waals surface area contributed by atoms with Gasteiger partial charge in [-0.25, -0.2) is 0 Å². The fourth-order valence-electron chi connectivity index (χ4n) is 6.14. The van der Waals surface area contributed by atoms with Gasteiger partial charge in [-0.05, 0) is 65.8 Å². The lowest BCUT2D eigenvalue weighted by Gasteiger charge is -2.33. The van der Waals surface area contributed by atoms with Gasteiger partial charge in [0.2, 0.25) is 5.91 Å².